The third kappa shape index (κ3) is 2.74. The second-order valence-corrected chi connectivity index (χ2v) is 5.07. The summed E-state index contributed by atoms with van der Waals surface area (Å²) in [4.78, 5) is 16.8. The molecule has 2 aromatic heterocycles. The maximum absolute atomic E-state index is 12.9. The van der Waals surface area contributed by atoms with Crippen LogP contribution in [-0.4, -0.2) is 19.9 Å². The molecule has 0 spiro atoms. The normalized spacial score (nSPS) is 16.2. The molecule has 0 bridgehead atoms. The number of halogens is 1. The number of nitrogens with zero attached hydrogens (tertiary/aromatic N) is 4. The first-order chi connectivity index (χ1) is 9.72. The Balaban J connectivity index is 1.95. The second-order valence-electron chi connectivity index (χ2n) is 5.07. The van der Waals surface area contributed by atoms with E-state index in [0.717, 1.165) is 24.9 Å². The molecule has 0 atom stereocenters. The molecule has 3 rings (SSSR count). The number of hydrogen-bond acceptors (Lipinski definition) is 5. The molecule has 1 aliphatic carbocycles. The molecule has 2 N–H and O–H groups in total. The monoisotopic (exact) mass is 273 g/mol. The summed E-state index contributed by atoms with van der Waals surface area (Å²) >= 11 is 0. The number of aromatic nitrogens is 4. The maximum Gasteiger partial charge on any atom is 0.223 e. The van der Waals surface area contributed by atoms with E-state index in [4.69, 9.17) is 5.73 Å². The Morgan fingerprint density at radius 1 is 1.05 bits per heavy atom. The molecule has 104 valence electrons. The Kier molecular flexibility index (Phi) is 3.54. The van der Waals surface area contributed by atoms with Crippen LogP contribution in [-0.2, 0) is 0 Å². The van der Waals surface area contributed by atoms with Crippen LogP contribution < -0.4 is 5.73 Å². The van der Waals surface area contributed by atoms with Crippen molar-refractivity contribution in [3.05, 3.63) is 30.0 Å². The summed E-state index contributed by atoms with van der Waals surface area (Å²) in [6.07, 6.45) is 6.97. The first-order valence-electron chi connectivity index (χ1n) is 6.86. The van der Waals surface area contributed by atoms with Crippen molar-refractivity contribution in [1.82, 2.24) is 19.9 Å². The molecule has 0 aliphatic heterocycles. The quantitative estimate of drug-likeness (QED) is 0.910. The van der Waals surface area contributed by atoms with Crippen molar-refractivity contribution < 1.29 is 4.39 Å². The molecule has 1 saturated carbocycles. The Hall–Kier alpha value is -2.11. The highest BCUT2D eigenvalue weighted by Gasteiger charge is 2.20. The van der Waals surface area contributed by atoms with Gasteiger partial charge in [-0.05, 0) is 25.0 Å². The topological polar surface area (TPSA) is 77.6 Å². The van der Waals surface area contributed by atoms with Gasteiger partial charge in [-0.1, -0.05) is 19.3 Å². The van der Waals surface area contributed by atoms with Crippen LogP contribution in [0.2, 0.25) is 0 Å². The van der Waals surface area contributed by atoms with E-state index in [1.165, 1.54) is 25.3 Å². The van der Waals surface area contributed by atoms with Crippen molar-refractivity contribution in [3.63, 3.8) is 0 Å². The summed E-state index contributed by atoms with van der Waals surface area (Å²) in [5, 5.41) is 0. The van der Waals surface area contributed by atoms with Gasteiger partial charge in [0.15, 0.2) is 5.82 Å². The van der Waals surface area contributed by atoms with Crippen LogP contribution in [0.25, 0.3) is 11.5 Å². The minimum Gasteiger partial charge on any atom is -0.368 e. The smallest absolute Gasteiger partial charge is 0.223 e. The first kappa shape index (κ1) is 12.9. The maximum atomic E-state index is 12.9. The third-order valence-corrected chi connectivity index (χ3v) is 3.60. The van der Waals surface area contributed by atoms with Crippen LogP contribution >= 0.6 is 0 Å². The second kappa shape index (κ2) is 5.48. The highest BCUT2D eigenvalue weighted by Crippen LogP contribution is 2.31. The van der Waals surface area contributed by atoms with Crippen LogP contribution in [0.1, 0.15) is 43.8 Å². The average Bonchev–Trinajstić information content (AvgIpc) is 2.48. The SMILES string of the molecule is Nc1nc(-c2ccc(F)cn2)nc(C2CCCCC2)n1. The number of nitrogen functional groups attached to an aromatic ring is 1. The molecule has 1 fully saturated rings. The van der Waals surface area contributed by atoms with E-state index in [1.807, 2.05) is 0 Å². The van der Waals surface area contributed by atoms with E-state index in [0.29, 0.717) is 17.4 Å². The number of anilines is 1. The molecule has 20 heavy (non-hydrogen) atoms. The van der Waals surface area contributed by atoms with Crippen LogP contribution in [0.4, 0.5) is 10.3 Å². The molecular formula is C14H16FN5. The number of rotatable bonds is 2. The lowest BCUT2D eigenvalue weighted by Gasteiger charge is -2.20. The zero-order chi connectivity index (χ0) is 13.9. The van der Waals surface area contributed by atoms with Crippen molar-refractivity contribution in [2.24, 2.45) is 0 Å². The number of hydrogen-bond donors (Lipinski definition) is 1. The van der Waals surface area contributed by atoms with Crippen LogP contribution in [0.15, 0.2) is 18.3 Å². The zero-order valence-electron chi connectivity index (χ0n) is 11.1. The summed E-state index contributed by atoms with van der Waals surface area (Å²) in [5.74, 6) is 1.30. The van der Waals surface area contributed by atoms with Gasteiger partial charge >= 0.3 is 0 Å². The van der Waals surface area contributed by atoms with Gasteiger partial charge in [-0.15, -0.1) is 0 Å². The Morgan fingerprint density at radius 3 is 2.55 bits per heavy atom. The molecular weight excluding hydrogens is 257 g/mol. The van der Waals surface area contributed by atoms with E-state index in [2.05, 4.69) is 19.9 Å². The fourth-order valence-corrected chi connectivity index (χ4v) is 2.58. The van der Waals surface area contributed by atoms with Gasteiger partial charge < -0.3 is 5.73 Å². The Morgan fingerprint density at radius 2 is 1.85 bits per heavy atom. The van der Waals surface area contributed by atoms with E-state index in [-0.39, 0.29) is 11.8 Å². The van der Waals surface area contributed by atoms with Gasteiger partial charge in [0, 0.05) is 5.92 Å². The summed E-state index contributed by atoms with van der Waals surface area (Å²) < 4.78 is 12.9. The van der Waals surface area contributed by atoms with Crippen molar-refractivity contribution in [1.29, 1.82) is 0 Å². The molecule has 2 aromatic rings. The largest absolute Gasteiger partial charge is 0.368 e. The van der Waals surface area contributed by atoms with Gasteiger partial charge in [0.1, 0.15) is 17.3 Å². The highest BCUT2D eigenvalue weighted by atomic mass is 19.1. The molecule has 0 amide bonds. The fourth-order valence-electron chi connectivity index (χ4n) is 2.58. The van der Waals surface area contributed by atoms with Crippen molar-refractivity contribution in [2.75, 3.05) is 5.73 Å². The lowest BCUT2D eigenvalue weighted by Crippen LogP contribution is -2.12. The molecule has 0 saturated heterocycles. The summed E-state index contributed by atoms with van der Waals surface area (Å²) in [5.41, 5.74) is 6.28. The lowest BCUT2D eigenvalue weighted by molar-refractivity contribution is 0.428. The van der Waals surface area contributed by atoms with Gasteiger partial charge in [0.25, 0.3) is 0 Å². The average molecular weight is 273 g/mol. The van der Waals surface area contributed by atoms with Gasteiger partial charge in [-0.3, -0.25) is 0 Å². The first-order valence-corrected chi connectivity index (χ1v) is 6.86. The van der Waals surface area contributed by atoms with Gasteiger partial charge in [0.05, 0.1) is 6.20 Å². The highest BCUT2D eigenvalue weighted by molar-refractivity contribution is 5.49. The van der Waals surface area contributed by atoms with E-state index >= 15 is 0 Å². The predicted molar refractivity (Wildman–Crippen MR) is 73.3 cm³/mol. The molecule has 0 unspecified atom stereocenters. The molecule has 2 heterocycles. The standard InChI is InChI=1S/C14H16FN5/c15-10-6-7-11(17-8-10)13-18-12(19-14(16)20-13)9-4-2-1-3-5-9/h6-9H,1-5H2,(H2,16,18,19,20). The molecule has 6 heteroatoms. The van der Waals surface area contributed by atoms with Gasteiger partial charge in [-0.2, -0.15) is 9.97 Å². The van der Waals surface area contributed by atoms with Gasteiger partial charge in [-0.25, -0.2) is 14.4 Å². The number of nitrogens with two attached hydrogens (primary N) is 1. The van der Waals surface area contributed by atoms with Crippen LogP contribution in [0.5, 0.6) is 0 Å². The Labute approximate surface area is 116 Å². The van der Waals surface area contributed by atoms with Crippen molar-refractivity contribution in [2.45, 2.75) is 38.0 Å². The minimum absolute atomic E-state index is 0.196. The van der Waals surface area contributed by atoms with Gasteiger partial charge in [0.2, 0.25) is 5.95 Å². The molecule has 0 radical (unpaired) electrons. The zero-order valence-corrected chi connectivity index (χ0v) is 11.1. The minimum atomic E-state index is -0.386. The predicted octanol–water partition coefficient (Wildman–Crippen LogP) is 2.70. The lowest BCUT2D eigenvalue weighted by atomic mass is 9.89. The molecule has 1 aliphatic rings. The van der Waals surface area contributed by atoms with Crippen molar-refractivity contribution >= 4 is 5.95 Å². The van der Waals surface area contributed by atoms with E-state index in [9.17, 15) is 4.39 Å². The van der Waals surface area contributed by atoms with Crippen LogP contribution in [0, 0.1) is 5.82 Å². The van der Waals surface area contributed by atoms with E-state index in [1.54, 1.807) is 6.07 Å². The molecule has 0 aromatic carbocycles. The van der Waals surface area contributed by atoms with Crippen molar-refractivity contribution in [3.8, 4) is 11.5 Å². The fraction of sp³-hybridized carbons (Fsp3) is 0.429. The molecule has 5 nitrogen and oxygen atoms in total. The summed E-state index contributed by atoms with van der Waals surface area (Å²) in [6, 6.07) is 2.89. The summed E-state index contributed by atoms with van der Waals surface area (Å²) in [6.45, 7) is 0. The number of pyridine rings is 1. The van der Waals surface area contributed by atoms with Crippen LogP contribution in [0.3, 0.4) is 0 Å². The third-order valence-electron chi connectivity index (χ3n) is 3.60. The summed E-state index contributed by atoms with van der Waals surface area (Å²) in [7, 11) is 0. The van der Waals surface area contributed by atoms with E-state index < -0.39 is 0 Å². The Bertz CT molecular complexity index is 593.